The minimum atomic E-state index is 0.840. The molecule has 0 atom stereocenters. The summed E-state index contributed by atoms with van der Waals surface area (Å²) in [5.41, 5.74) is 6.48. The summed E-state index contributed by atoms with van der Waals surface area (Å²) in [5.74, 6) is 1.00. The molecule has 0 aliphatic heterocycles. The molecule has 0 saturated heterocycles. The van der Waals surface area contributed by atoms with E-state index in [-0.39, 0.29) is 0 Å². The number of aryl methyl sites for hydroxylation is 4. The fourth-order valence-electron chi connectivity index (χ4n) is 3.33. The first-order valence-electron chi connectivity index (χ1n) is 9.31. The normalized spacial score (nSPS) is 11.0. The van der Waals surface area contributed by atoms with E-state index in [4.69, 9.17) is 9.97 Å². The SMILES string of the molecule is CCc1nc(-c2c(-c3ccccc3)ncn2CCc2ccncc2)c(C)[nH]1. The third-order valence-corrected chi connectivity index (χ3v) is 4.77. The Balaban J connectivity index is 1.77. The molecule has 0 saturated carbocycles. The molecular formula is C22H23N5. The summed E-state index contributed by atoms with van der Waals surface area (Å²) in [6.07, 6.45) is 7.41. The molecule has 0 aliphatic carbocycles. The van der Waals surface area contributed by atoms with E-state index in [1.807, 2.05) is 36.9 Å². The Morgan fingerprint density at radius 2 is 1.78 bits per heavy atom. The maximum atomic E-state index is 4.85. The summed E-state index contributed by atoms with van der Waals surface area (Å²) < 4.78 is 2.21. The number of aromatic nitrogens is 5. The van der Waals surface area contributed by atoms with Crippen LogP contribution in [0.25, 0.3) is 22.6 Å². The molecule has 4 rings (SSSR count). The van der Waals surface area contributed by atoms with Crippen molar-refractivity contribution in [1.82, 2.24) is 24.5 Å². The smallest absolute Gasteiger partial charge is 0.110 e. The van der Waals surface area contributed by atoms with Crippen LogP contribution < -0.4 is 0 Å². The number of hydrogen-bond donors (Lipinski definition) is 1. The predicted octanol–water partition coefficient (Wildman–Crippen LogP) is 4.45. The van der Waals surface area contributed by atoms with Gasteiger partial charge in [0.1, 0.15) is 11.5 Å². The molecule has 0 radical (unpaired) electrons. The lowest BCUT2D eigenvalue weighted by Gasteiger charge is -2.10. The number of H-pyrrole nitrogens is 1. The number of benzene rings is 1. The third-order valence-electron chi connectivity index (χ3n) is 4.77. The molecule has 0 fully saturated rings. The molecule has 1 N–H and O–H groups in total. The Labute approximate surface area is 159 Å². The van der Waals surface area contributed by atoms with Crippen molar-refractivity contribution in [2.75, 3.05) is 0 Å². The van der Waals surface area contributed by atoms with Crippen LogP contribution in [0, 0.1) is 6.92 Å². The van der Waals surface area contributed by atoms with Gasteiger partial charge in [0, 0.05) is 36.6 Å². The molecule has 5 heteroatoms. The highest BCUT2D eigenvalue weighted by atomic mass is 15.1. The number of pyridine rings is 1. The van der Waals surface area contributed by atoms with Crippen LogP contribution in [0.3, 0.4) is 0 Å². The van der Waals surface area contributed by atoms with Crippen LogP contribution in [0.15, 0.2) is 61.2 Å². The van der Waals surface area contributed by atoms with Crippen LogP contribution in [0.5, 0.6) is 0 Å². The second kappa shape index (κ2) is 7.58. The molecule has 0 spiro atoms. The van der Waals surface area contributed by atoms with Gasteiger partial charge in [0.2, 0.25) is 0 Å². The molecule has 27 heavy (non-hydrogen) atoms. The van der Waals surface area contributed by atoms with Crippen molar-refractivity contribution in [2.24, 2.45) is 0 Å². The predicted molar refractivity (Wildman–Crippen MR) is 107 cm³/mol. The molecule has 4 aromatic rings. The molecule has 0 aliphatic rings. The van der Waals surface area contributed by atoms with Crippen molar-refractivity contribution in [2.45, 2.75) is 33.2 Å². The van der Waals surface area contributed by atoms with Gasteiger partial charge in [-0.15, -0.1) is 0 Å². The van der Waals surface area contributed by atoms with Crippen LogP contribution in [-0.4, -0.2) is 24.5 Å². The second-order valence-electron chi connectivity index (χ2n) is 6.62. The fourth-order valence-corrected chi connectivity index (χ4v) is 3.33. The van der Waals surface area contributed by atoms with Gasteiger partial charge in [0.25, 0.3) is 0 Å². The van der Waals surface area contributed by atoms with Gasteiger partial charge in [-0.2, -0.15) is 0 Å². The average molecular weight is 357 g/mol. The summed E-state index contributed by atoms with van der Waals surface area (Å²) in [4.78, 5) is 17.1. The quantitative estimate of drug-likeness (QED) is 0.555. The number of rotatable bonds is 6. The summed E-state index contributed by atoms with van der Waals surface area (Å²) in [7, 11) is 0. The van der Waals surface area contributed by atoms with Crippen LogP contribution in [0.2, 0.25) is 0 Å². The minimum absolute atomic E-state index is 0.840. The van der Waals surface area contributed by atoms with E-state index in [2.05, 4.69) is 52.6 Å². The zero-order chi connectivity index (χ0) is 18.6. The monoisotopic (exact) mass is 357 g/mol. The van der Waals surface area contributed by atoms with Crippen LogP contribution in [0.1, 0.15) is 24.0 Å². The number of nitrogens with one attached hydrogen (secondary N) is 1. The summed E-state index contributed by atoms with van der Waals surface area (Å²) in [6.45, 7) is 5.03. The maximum Gasteiger partial charge on any atom is 0.110 e. The van der Waals surface area contributed by atoms with Crippen LogP contribution in [0.4, 0.5) is 0 Å². The van der Waals surface area contributed by atoms with E-state index in [9.17, 15) is 0 Å². The number of aromatic amines is 1. The molecule has 5 nitrogen and oxygen atoms in total. The van der Waals surface area contributed by atoms with Gasteiger partial charge in [-0.05, 0) is 31.0 Å². The van der Waals surface area contributed by atoms with E-state index in [0.29, 0.717) is 0 Å². The first-order valence-corrected chi connectivity index (χ1v) is 9.31. The lowest BCUT2D eigenvalue weighted by Crippen LogP contribution is -2.03. The van der Waals surface area contributed by atoms with Gasteiger partial charge in [0.05, 0.1) is 17.7 Å². The lowest BCUT2D eigenvalue weighted by atomic mass is 10.1. The summed E-state index contributed by atoms with van der Waals surface area (Å²) in [6, 6.07) is 14.4. The highest BCUT2D eigenvalue weighted by Crippen LogP contribution is 2.32. The van der Waals surface area contributed by atoms with E-state index >= 15 is 0 Å². The first kappa shape index (κ1) is 17.2. The first-order chi connectivity index (χ1) is 13.3. The molecule has 3 aromatic heterocycles. The number of nitrogens with zero attached hydrogens (tertiary/aromatic N) is 4. The Hall–Kier alpha value is -3.21. The van der Waals surface area contributed by atoms with Gasteiger partial charge >= 0.3 is 0 Å². The molecule has 136 valence electrons. The zero-order valence-electron chi connectivity index (χ0n) is 15.7. The van der Waals surface area contributed by atoms with Crippen molar-refractivity contribution in [3.8, 4) is 22.6 Å². The second-order valence-corrected chi connectivity index (χ2v) is 6.62. The molecule has 0 bridgehead atoms. The van der Waals surface area contributed by atoms with Gasteiger partial charge < -0.3 is 9.55 Å². The van der Waals surface area contributed by atoms with E-state index < -0.39 is 0 Å². The van der Waals surface area contributed by atoms with E-state index in [1.54, 1.807) is 0 Å². The zero-order valence-corrected chi connectivity index (χ0v) is 15.7. The van der Waals surface area contributed by atoms with Gasteiger partial charge in [0.15, 0.2) is 0 Å². The van der Waals surface area contributed by atoms with Crippen LogP contribution in [-0.2, 0) is 19.4 Å². The van der Waals surface area contributed by atoms with E-state index in [1.165, 1.54) is 5.56 Å². The molecule has 0 amide bonds. The van der Waals surface area contributed by atoms with Crippen molar-refractivity contribution >= 4 is 0 Å². The molecule has 1 aromatic carbocycles. The number of hydrogen-bond acceptors (Lipinski definition) is 3. The largest absolute Gasteiger partial charge is 0.346 e. The summed E-state index contributed by atoms with van der Waals surface area (Å²) >= 11 is 0. The van der Waals surface area contributed by atoms with Gasteiger partial charge in [-0.1, -0.05) is 37.3 Å². The highest BCUT2D eigenvalue weighted by Gasteiger charge is 2.19. The van der Waals surface area contributed by atoms with Gasteiger partial charge in [-0.25, -0.2) is 9.97 Å². The topological polar surface area (TPSA) is 59.4 Å². The third kappa shape index (κ3) is 3.53. The van der Waals surface area contributed by atoms with Crippen LogP contribution >= 0.6 is 0 Å². The lowest BCUT2D eigenvalue weighted by molar-refractivity contribution is 0.699. The van der Waals surface area contributed by atoms with E-state index in [0.717, 1.165) is 53.5 Å². The Bertz CT molecular complexity index is 1020. The molecular weight excluding hydrogens is 334 g/mol. The average Bonchev–Trinajstić information content (AvgIpc) is 3.30. The summed E-state index contributed by atoms with van der Waals surface area (Å²) in [5, 5.41) is 0. The van der Waals surface area contributed by atoms with Crippen molar-refractivity contribution < 1.29 is 0 Å². The Morgan fingerprint density at radius 3 is 2.48 bits per heavy atom. The Kier molecular flexibility index (Phi) is 4.83. The standard InChI is InChI=1S/C22H23N5/c1-3-19-25-16(2)20(26-19)22-21(18-7-5-4-6-8-18)24-15-27(22)14-11-17-9-12-23-13-10-17/h4-10,12-13,15H,3,11,14H2,1-2H3,(H,25,26). The maximum absolute atomic E-state index is 4.85. The minimum Gasteiger partial charge on any atom is -0.346 e. The molecule has 0 unspecified atom stereocenters. The van der Waals surface area contributed by atoms with Crippen molar-refractivity contribution in [1.29, 1.82) is 0 Å². The Morgan fingerprint density at radius 1 is 1.00 bits per heavy atom. The molecule has 3 heterocycles. The fraction of sp³-hybridized carbons (Fsp3) is 0.227. The van der Waals surface area contributed by atoms with Crippen molar-refractivity contribution in [3.63, 3.8) is 0 Å². The highest BCUT2D eigenvalue weighted by molar-refractivity contribution is 5.77. The number of imidazole rings is 2. The van der Waals surface area contributed by atoms with Gasteiger partial charge in [-0.3, -0.25) is 4.98 Å². The van der Waals surface area contributed by atoms with Crippen molar-refractivity contribution in [3.05, 3.63) is 78.3 Å².